The number of aliphatic imine (C=N–C) groups is 1. The fraction of sp³-hybridized carbons (Fsp3) is 0.250. The maximum absolute atomic E-state index is 13.1. The number of nitrogens with zero attached hydrogens (tertiary/aromatic N) is 5. The van der Waals surface area contributed by atoms with Crippen LogP contribution in [0.2, 0.25) is 10.0 Å². The van der Waals surface area contributed by atoms with Crippen molar-refractivity contribution in [1.82, 2.24) is 14.7 Å². The molecule has 0 unspecified atom stereocenters. The topological polar surface area (TPSA) is 83.5 Å². The monoisotopic (exact) mass is 469 g/mol. The molecule has 1 aromatic carbocycles. The van der Waals surface area contributed by atoms with E-state index in [9.17, 15) is 32.0 Å². The van der Waals surface area contributed by atoms with Crippen LogP contribution in [0.4, 0.5) is 27.8 Å². The molecule has 1 aromatic heterocycles. The van der Waals surface area contributed by atoms with E-state index in [1.54, 1.807) is 0 Å². The van der Waals surface area contributed by atoms with E-state index in [0.717, 1.165) is 23.2 Å². The van der Waals surface area contributed by atoms with Gasteiger partial charge in [0.15, 0.2) is 11.5 Å². The zero-order valence-electron chi connectivity index (χ0n) is 15.0. The summed E-state index contributed by atoms with van der Waals surface area (Å²) in [5.41, 5.74) is -1.80. The van der Waals surface area contributed by atoms with Crippen LogP contribution in [-0.2, 0) is 0 Å². The van der Waals surface area contributed by atoms with Crippen LogP contribution in [0.25, 0.3) is 5.69 Å². The summed E-state index contributed by atoms with van der Waals surface area (Å²) in [5, 5.41) is 12.1. The Labute approximate surface area is 175 Å². The van der Waals surface area contributed by atoms with E-state index in [2.05, 4.69) is 14.8 Å². The van der Waals surface area contributed by atoms with Gasteiger partial charge < -0.3 is 9.64 Å². The molecule has 0 bridgehead atoms. The van der Waals surface area contributed by atoms with Crippen molar-refractivity contribution in [3.8, 4) is 17.5 Å². The Kier molecular flexibility index (Phi) is 6.89. The number of halogens is 7. The van der Waals surface area contributed by atoms with Crippen molar-refractivity contribution >= 4 is 41.1 Å². The van der Waals surface area contributed by atoms with Gasteiger partial charge in [0.05, 0.1) is 16.4 Å². The number of nitriles is 1. The summed E-state index contributed by atoms with van der Waals surface area (Å²) in [4.78, 5) is 17.2. The highest BCUT2D eigenvalue weighted by molar-refractivity contribution is 6.38. The van der Waals surface area contributed by atoms with E-state index in [1.807, 2.05) is 0 Å². The van der Waals surface area contributed by atoms with Gasteiger partial charge in [0, 0.05) is 26.2 Å². The molecule has 14 heteroatoms. The first kappa shape index (κ1) is 23.4. The molecule has 0 saturated carbocycles. The summed E-state index contributed by atoms with van der Waals surface area (Å²) in [6, 6.07) is 2.99. The van der Waals surface area contributed by atoms with Crippen LogP contribution in [0.3, 0.4) is 0 Å². The van der Waals surface area contributed by atoms with Crippen LogP contribution in [0.15, 0.2) is 17.1 Å². The largest absolute Gasteiger partial charge is 0.573 e. The first-order chi connectivity index (χ1) is 13.9. The van der Waals surface area contributed by atoms with Gasteiger partial charge in [-0.1, -0.05) is 23.2 Å². The lowest BCUT2D eigenvalue weighted by Crippen LogP contribution is -2.17. The molecule has 0 aliphatic rings. The molecule has 30 heavy (non-hydrogen) atoms. The van der Waals surface area contributed by atoms with Gasteiger partial charge in [0.25, 0.3) is 0 Å². The minimum atomic E-state index is -5.02. The van der Waals surface area contributed by atoms with E-state index in [0.29, 0.717) is 0 Å². The van der Waals surface area contributed by atoms with Gasteiger partial charge in [-0.2, -0.15) is 10.4 Å². The summed E-state index contributed by atoms with van der Waals surface area (Å²) in [6.45, 7) is 0. The molecule has 0 saturated heterocycles. The molecular formula is C16H10Cl2F5N5O2. The third kappa shape index (κ3) is 5.17. The molecule has 160 valence electrons. The van der Waals surface area contributed by atoms with Crippen molar-refractivity contribution in [2.75, 3.05) is 14.1 Å². The van der Waals surface area contributed by atoms with Gasteiger partial charge in [0.1, 0.15) is 23.1 Å². The van der Waals surface area contributed by atoms with E-state index >= 15 is 0 Å². The van der Waals surface area contributed by atoms with Crippen LogP contribution in [-0.4, -0.2) is 53.7 Å². The SMILES string of the molecule is CN(C)C=Nc1c(C(=O)C(F)F)c(C#N)nn1-c1c(Cl)cc(OC(F)(F)F)cc1Cl. The molecule has 0 aliphatic heterocycles. The highest BCUT2D eigenvalue weighted by atomic mass is 35.5. The Morgan fingerprint density at radius 3 is 2.33 bits per heavy atom. The fourth-order valence-electron chi connectivity index (χ4n) is 2.21. The summed E-state index contributed by atoms with van der Waals surface area (Å²) < 4.78 is 67.9. The molecule has 0 fully saturated rings. The number of ether oxygens (including phenoxy) is 1. The van der Waals surface area contributed by atoms with E-state index in [4.69, 9.17) is 23.2 Å². The van der Waals surface area contributed by atoms with Gasteiger partial charge in [-0.05, 0) is 0 Å². The zero-order chi connectivity index (χ0) is 22.8. The summed E-state index contributed by atoms with van der Waals surface area (Å²) in [7, 11) is 3.07. The number of carbonyl (C=O) groups excluding carboxylic acids is 1. The minimum absolute atomic E-state index is 0.302. The third-order valence-electron chi connectivity index (χ3n) is 3.26. The Bertz CT molecular complexity index is 1020. The molecule has 0 spiro atoms. The van der Waals surface area contributed by atoms with Crippen molar-refractivity contribution in [2.24, 2.45) is 4.99 Å². The van der Waals surface area contributed by atoms with Gasteiger partial charge in [-0.25, -0.2) is 18.5 Å². The standard InChI is InChI=1S/C16H10Cl2F5N5O2/c1-27(2)6-25-15-11(13(29)14(19)20)10(5-24)26-28(15)12-8(17)3-7(4-9(12)18)30-16(21,22)23/h3-4,6,14H,1-2H3. The van der Waals surface area contributed by atoms with Crippen LogP contribution in [0, 0.1) is 11.3 Å². The summed E-state index contributed by atoms with van der Waals surface area (Å²) >= 11 is 12.0. The Hall–Kier alpha value is -2.91. The first-order valence-corrected chi connectivity index (χ1v) is 8.42. The van der Waals surface area contributed by atoms with Gasteiger partial charge in [0.2, 0.25) is 5.78 Å². The van der Waals surface area contributed by atoms with E-state index in [1.165, 1.54) is 25.1 Å². The summed E-state index contributed by atoms with van der Waals surface area (Å²) in [5.74, 6) is -3.00. The van der Waals surface area contributed by atoms with Crippen molar-refractivity contribution in [1.29, 1.82) is 5.26 Å². The number of ketones is 1. The number of alkyl halides is 5. The van der Waals surface area contributed by atoms with Crippen molar-refractivity contribution in [2.45, 2.75) is 12.8 Å². The highest BCUT2D eigenvalue weighted by Crippen LogP contribution is 2.38. The lowest BCUT2D eigenvalue weighted by Gasteiger charge is -2.14. The molecule has 0 aliphatic carbocycles. The van der Waals surface area contributed by atoms with Gasteiger partial charge in [-0.15, -0.1) is 13.2 Å². The quantitative estimate of drug-likeness (QED) is 0.266. The molecule has 1 heterocycles. The number of benzene rings is 1. The normalized spacial score (nSPS) is 11.8. The number of aromatic nitrogens is 2. The fourth-order valence-corrected chi connectivity index (χ4v) is 2.83. The summed E-state index contributed by atoms with van der Waals surface area (Å²) in [6.07, 6.45) is -7.37. The smallest absolute Gasteiger partial charge is 0.406 e. The second-order valence-electron chi connectivity index (χ2n) is 5.73. The molecular weight excluding hydrogens is 460 g/mol. The Morgan fingerprint density at radius 2 is 1.90 bits per heavy atom. The molecule has 0 atom stereocenters. The number of rotatable bonds is 6. The van der Waals surface area contributed by atoms with Crippen molar-refractivity contribution in [3.63, 3.8) is 0 Å². The first-order valence-electron chi connectivity index (χ1n) is 7.67. The lowest BCUT2D eigenvalue weighted by atomic mass is 10.1. The molecule has 0 amide bonds. The van der Waals surface area contributed by atoms with Crippen LogP contribution in [0.5, 0.6) is 5.75 Å². The average Bonchev–Trinajstić information content (AvgIpc) is 2.95. The maximum atomic E-state index is 13.1. The highest BCUT2D eigenvalue weighted by Gasteiger charge is 2.33. The number of hydrogen-bond donors (Lipinski definition) is 0. The van der Waals surface area contributed by atoms with E-state index < -0.39 is 51.4 Å². The second-order valence-corrected chi connectivity index (χ2v) is 6.54. The van der Waals surface area contributed by atoms with Gasteiger partial charge in [-0.3, -0.25) is 4.79 Å². The molecule has 7 nitrogen and oxygen atoms in total. The average molecular weight is 470 g/mol. The number of carbonyl (C=O) groups is 1. The third-order valence-corrected chi connectivity index (χ3v) is 3.83. The zero-order valence-corrected chi connectivity index (χ0v) is 16.5. The second kappa shape index (κ2) is 8.85. The van der Waals surface area contributed by atoms with Crippen LogP contribution >= 0.6 is 23.2 Å². The van der Waals surface area contributed by atoms with Crippen LogP contribution < -0.4 is 4.74 Å². The molecule has 2 aromatic rings. The Balaban J connectivity index is 2.78. The van der Waals surface area contributed by atoms with E-state index in [-0.39, 0.29) is 5.69 Å². The van der Waals surface area contributed by atoms with Gasteiger partial charge >= 0.3 is 12.8 Å². The number of Topliss-reactive ketones (excluding diaryl/α,β-unsaturated/α-hetero) is 1. The van der Waals surface area contributed by atoms with Crippen molar-refractivity contribution in [3.05, 3.63) is 33.4 Å². The minimum Gasteiger partial charge on any atom is -0.406 e. The Morgan fingerprint density at radius 1 is 1.33 bits per heavy atom. The molecule has 0 N–H and O–H groups in total. The number of hydrogen-bond acceptors (Lipinski definition) is 5. The van der Waals surface area contributed by atoms with Crippen LogP contribution in [0.1, 0.15) is 16.1 Å². The van der Waals surface area contributed by atoms with Crippen molar-refractivity contribution < 1.29 is 31.5 Å². The molecule has 0 radical (unpaired) electrons. The maximum Gasteiger partial charge on any atom is 0.573 e. The predicted octanol–water partition coefficient (Wildman–Crippen LogP) is 4.62. The lowest BCUT2D eigenvalue weighted by molar-refractivity contribution is -0.274. The predicted molar refractivity (Wildman–Crippen MR) is 97.2 cm³/mol. The molecule has 2 rings (SSSR count).